The lowest BCUT2D eigenvalue weighted by molar-refractivity contribution is -0.144. The Morgan fingerprint density at radius 1 is 1.43 bits per heavy atom. The maximum absolute atomic E-state index is 10.6. The van der Waals surface area contributed by atoms with Gasteiger partial charge in [-0.15, -0.1) is 0 Å². The molecule has 74 valence electrons. The summed E-state index contributed by atoms with van der Waals surface area (Å²) in [6.07, 6.45) is 1.26. The van der Waals surface area contributed by atoms with Crippen LogP contribution < -0.4 is 0 Å². The monoisotopic (exact) mass is 191 g/mol. The maximum atomic E-state index is 10.6. The van der Waals surface area contributed by atoms with Crippen molar-refractivity contribution in [1.29, 1.82) is 0 Å². The Morgan fingerprint density at radius 3 is 2.64 bits per heavy atom. The predicted molar refractivity (Wildman–Crippen MR) is 55.3 cm³/mol. The van der Waals surface area contributed by atoms with E-state index in [9.17, 15) is 4.79 Å². The Hall–Kier alpha value is -1.64. The number of aliphatic imine (C=N–C) groups is 1. The zero-order chi connectivity index (χ0) is 10.4. The van der Waals surface area contributed by atoms with Crippen LogP contribution in [-0.4, -0.2) is 18.4 Å². The predicted octanol–water partition coefficient (Wildman–Crippen LogP) is 2.01. The number of esters is 1. The van der Waals surface area contributed by atoms with Crippen molar-refractivity contribution in [2.24, 2.45) is 4.99 Å². The van der Waals surface area contributed by atoms with Crippen LogP contribution in [0.5, 0.6) is 0 Å². The lowest BCUT2D eigenvalue weighted by Gasteiger charge is -2.05. The maximum Gasteiger partial charge on any atom is 0.304 e. The van der Waals surface area contributed by atoms with E-state index in [1.165, 1.54) is 6.92 Å². The summed E-state index contributed by atoms with van der Waals surface area (Å²) in [6.45, 7) is 3.09. The molecule has 0 bridgehead atoms. The lowest BCUT2D eigenvalue weighted by atomic mass is 10.2. The van der Waals surface area contributed by atoms with Gasteiger partial charge >= 0.3 is 5.97 Å². The molecule has 3 heteroatoms. The number of hydrogen-bond acceptors (Lipinski definition) is 3. The van der Waals surface area contributed by atoms with E-state index in [-0.39, 0.29) is 5.97 Å². The van der Waals surface area contributed by atoms with Crippen molar-refractivity contribution in [2.75, 3.05) is 0 Å². The minimum Gasteiger partial charge on any atom is -0.440 e. The van der Waals surface area contributed by atoms with Crippen LogP contribution in [-0.2, 0) is 9.53 Å². The lowest BCUT2D eigenvalue weighted by Crippen LogP contribution is -2.09. The molecule has 0 saturated carbocycles. The standard InChI is InChI=1S/C11H13NO2/c1-9(14-10(2)13)12-8-11-6-4-3-5-7-11/h3-9H,1-2H3/b12-8+. The third-order valence-electron chi connectivity index (χ3n) is 1.57. The largest absolute Gasteiger partial charge is 0.440 e. The summed E-state index contributed by atoms with van der Waals surface area (Å²) < 4.78 is 4.84. The van der Waals surface area contributed by atoms with Gasteiger partial charge < -0.3 is 4.74 Å². The van der Waals surface area contributed by atoms with Crippen molar-refractivity contribution in [1.82, 2.24) is 0 Å². The number of nitrogens with zero attached hydrogens (tertiary/aromatic N) is 1. The van der Waals surface area contributed by atoms with Crippen LogP contribution in [0.3, 0.4) is 0 Å². The SMILES string of the molecule is CC(=O)OC(C)/N=C/c1ccccc1. The van der Waals surface area contributed by atoms with Gasteiger partial charge in [0.15, 0.2) is 6.23 Å². The van der Waals surface area contributed by atoms with E-state index in [1.807, 2.05) is 30.3 Å². The molecule has 0 spiro atoms. The van der Waals surface area contributed by atoms with Crippen LogP contribution in [0.25, 0.3) is 0 Å². The molecule has 0 aliphatic rings. The van der Waals surface area contributed by atoms with Crippen LogP contribution in [0.1, 0.15) is 19.4 Å². The summed E-state index contributed by atoms with van der Waals surface area (Å²) >= 11 is 0. The van der Waals surface area contributed by atoms with Gasteiger partial charge in [-0.05, 0) is 12.5 Å². The summed E-state index contributed by atoms with van der Waals surface area (Å²) in [7, 11) is 0. The molecular formula is C11H13NO2. The minimum absolute atomic E-state index is 0.317. The first-order valence-electron chi connectivity index (χ1n) is 4.44. The highest BCUT2D eigenvalue weighted by Crippen LogP contribution is 1.97. The molecule has 1 atom stereocenters. The molecule has 1 aromatic rings. The van der Waals surface area contributed by atoms with Gasteiger partial charge in [-0.25, -0.2) is 0 Å². The summed E-state index contributed by atoms with van der Waals surface area (Å²) in [5, 5.41) is 0. The smallest absolute Gasteiger partial charge is 0.304 e. The van der Waals surface area contributed by atoms with Gasteiger partial charge in [-0.1, -0.05) is 30.3 Å². The van der Waals surface area contributed by atoms with E-state index in [0.717, 1.165) is 5.56 Å². The van der Waals surface area contributed by atoms with Gasteiger partial charge in [-0.2, -0.15) is 0 Å². The molecule has 0 N–H and O–H groups in total. The Labute approximate surface area is 83.4 Å². The van der Waals surface area contributed by atoms with Crippen LogP contribution >= 0.6 is 0 Å². The van der Waals surface area contributed by atoms with Crippen molar-refractivity contribution in [2.45, 2.75) is 20.1 Å². The topological polar surface area (TPSA) is 38.7 Å². The summed E-state index contributed by atoms with van der Waals surface area (Å²) in [4.78, 5) is 14.6. The van der Waals surface area contributed by atoms with Crippen molar-refractivity contribution in [3.63, 3.8) is 0 Å². The van der Waals surface area contributed by atoms with Crippen LogP contribution in [0.4, 0.5) is 0 Å². The Bertz CT molecular complexity index is 319. The van der Waals surface area contributed by atoms with E-state index < -0.39 is 6.23 Å². The Kier molecular flexibility index (Phi) is 3.85. The zero-order valence-electron chi connectivity index (χ0n) is 8.31. The molecule has 0 radical (unpaired) electrons. The Balaban J connectivity index is 2.52. The van der Waals surface area contributed by atoms with Crippen molar-refractivity contribution in [3.8, 4) is 0 Å². The molecule has 0 aromatic heterocycles. The average molecular weight is 191 g/mol. The summed E-state index contributed by atoms with van der Waals surface area (Å²) in [5.74, 6) is -0.317. The van der Waals surface area contributed by atoms with E-state index in [4.69, 9.17) is 4.74 Å². The van der Waals surface area contributed by atoms with Crippen LogP contribution in [0, 0.1) is 0 Å². The fraction of sp³-hybridized carbons (Fsp3) is 0.273. The van der Waals surface area contributed by atoms with E-state index >= 15 is 0 Å². The second kappa shape index (κ2) is 5.17. The molecule has 0 fully saturated rings. The number of hydrogen-bond donors (Lipinski definition) is 0. The molecule has 1 rings (SSSR count). The van der Waals surface area contributed by atoms with Gasteiger partial charge in [0.25, 0.3) is 0 Å². The normalized spacial score (nSPS) is 12.7. The number of carbonyl (C=O) groups excluding carboxylic acids is 1. The summed E-state index contributed by atoms with van der Waals surface area (Å²) in [6, 6.07) is 9.66. The highest BCUT2D eigenvalue weighted by atomic mass is 16.6. The highest BCUT2D eigenvalue weighted by molar-refractivity contribution is 5.79. The molecule has 1 aromatic carbocycles. The number of benzene rings is 1. The third kappa shape index (κ3) is 3.85. The average Bonchev–Trinajstić information content (AvgIpc) is 2.15. The van der Waals surface area contributed by atoms with Gasteiger partial charge in [0.2, 0.25) is 0 Å². The second-order valence-corrected chi connectivity index (χ2v) is 2.90. The fourth-order valence-electron chi connectivity index (χ4n) is 1.00. The summed E-state index contributed by atoms with van der Waals surface area (Å²) in [5.41, 5.74) is 0.992. The fourth-order valence-corrected chi connectivity index (χ4v) is 1.00. The van der Waals surface area contributed by atoms with Crippen LogP contribution in [0.15, 0.2) is 35.3 Å². The number of carbonyl (C=O) groups is 1. The Morgan fingerprint density at radius 2 is 2.07 bits per heavy atom. The van der Waals surface area contributed by atoms with Gasteiger partial charge in [0.05, 0.1) is 0 Å². The van der Waals surface area contributed by atoms with Gasteiger partial charge in [0, 0.05) is 13.1 Å². The second-order valence-electron chi connectivity index (χ2n) is 2.90. The molecule has 3 nitrogen and oxygen atoms in total. The van der Waals surface area contributed by atoms with E-state index in [0.29, 0.717) is 0 Å². The number of ether oxygens (including phenoxy) is 1. The van der Waals surface area contributed by atoms with Gasteiger partial charge in [-0.3, -0.25) is 9.79 Å². The number of rotatable bonds is 3. The molecule has 0 aliphatic heterocycles. The highest BCUT2D eigenvalue weighted by Gasteiger charge is 1.99. The quantitative estimate of drug-likeness (QED) is 0.541. The first kappa shape index (κ1) is 10.4. The van der Waals surface area contributed by atoms with Crippen molar-refractivity contribution >= 4 is 12.2 Å². The molecule has 0 aliphatic carbocycles. The first-order valence-corrected chi connectivity index (χ1v) is 4.44. The van der Waals surface area contributed by atoms with Crippen molar-refractivity contribution < 1.29 is 9.53 Å². The van der Waals surface area contributed by atoms with E-state index in [2.05, 4.69) is 4.99 Å². The molecule has 0 saturated heterocycles. The van der Waals surface area contributed by atoms with Crippen molar-refractivity contribution in [3.05, 3.63) is 35.9 Å². The minimum atomic E-state index is -0.423. The molecule has 1 unspecified atom stereocenters. The first-order chi connectivity index (χ1) is 6.68. The van der Waals surface area contributed by atoms with E-state index in [1.54, 1.807) is 13.1 Å². The molecule has 0 amide bonds. The third-order valence-corrected chi connectivity index (χ3v) is 1.57. The van der Waals surface area contributed by atoms with Crippen LogP contribution in [0.2, 0.25) is 0 Å². The zero-order valence-corrected chi connectivity index (χ0v) is 8.31. The molecular weight excluding hydrogens is 178 g/mol. The van der Waals surface area contributed by atoms with Gasteiger partial charge in [0.1, 0.15) is 0 Å². The molecule has 0 heterocycles. The molecule has 14 heavy (non-hydrogen) atoms.